The van der Waals surface area contributed by atoms with Gasteiger partial charge in [0.1, 0.15) is 18.3 Å². The number of carbonyl (C=O) groups excluding carboxylic acids is 2. The van der Waals surface area contributed by atoms with Gasteiger partial charge in [-0.25, -0.2) is 8.42 Å². The molecule has 0 fully saturated rings. The van der Waals surface area contributed by atoms with Gasteiger partial charge in [0.2, 0.25) is 11.8 Å². The summed E-state index contributed by atoms with van der Waals surface area (Å²) in [6.07, 6.45) is 0. The fourth-order valence-corrected chi connectivity index (χ4v) is 5.55. The van der Waals surface area contributed by atoms with Crippen molar-refractivity contribution in [2.24, 2.45) is 0 Å². The fraction of sp³-hybridized carbons (Fsp3) is 0.310. The first-order valence-electron chi connectivity index (χ1n) is 12.5. The lowest BCUT2D eigenvalue weighted by Crippen LogP contribution is -2.51. The Hall–Kier alpha value is -3.56. The van der Waals surface area contributed by atoms with E-state index in [1.807, 2.05) is 26.0 Å². The van der Waals surface area contributed by atoms with Gasteiger partial charge in [0.05, 0.1) is 17.7 Å². The number of amides is 2. The van der Waals surface area contributed by atoms with E-state index in [0.29, 0.717) is 23.0 Å². The zero-order chi connectivity index (χ0) is 28.7. The number of halogens is 1. The van der Waals surface area contributed by atoms with Crippen LogP contribution in [0.25, 0.3) is 0 Å². The molecule has 2 amide bonds. The largest absolute Gasteiger partial charge is 0.497 e. The van der Waals surface area contributed by atoms with Crippen LogP contribution in [-0.2, 0) is 26.2 Å². The SMILES string of the molecule is CCNC(=O)C(C)N(Cc1cccc(OC)c1)C(=O)CN(c1ccc(C)c(C)c1)S(=O)(=O)c1ccc(Cl)cc1. The Labute approximate surface area is 235 Å². The molecule has 0 aliphatic heterocycles. The van der Waals surface area contributed by atoms with E-state index in [4.69, 9.17) is 16.3 Å². The minimum atomic E-state index is -4.16. The molecule has 0 aromatic heterocycles. The Morgan fingerprint density at radius 2 is 1.69 bits per heavy atom. The maximum Gasteiger partial charge on any atom is 0.264 e. The Balaban J connectivity index is 2.06. The molecule has 3 aromatic rings. The summed E-state index contributed by atoms with van der Waals surface area (Å²) in [5.74, 6) is -0.271. The van der Waals surface area contributed by atoms with Crippen LogP contribution in [0.1, 0.15) is 30.5 Å². The topological polar surface area (TPSA) is 96.0 Å². The molecule has 8 nitrogen and oxygen atoms in total. The lowest BCUT2D eigenvalue weighted by atomic mass is 10.1. The highest BCUT2D eigenvalue weighted by Gasteiger charge is 2.32. The molecular weight excluding hydrogens is 538 g/mol. The third-order valence-electron chi connectivity index (χ3n) is 6.46. The van der Waals surface area contributed by atoms with Gasteiger partial charge in [-0.05, 0) is 92.9 Å². The predicted molar refractivity (Wildman–Crippen MR) is 154 cm³/mol. The molecule has 10 heteroatoms. The number of nitrogens with zero attached hydrogens (tertiary/aromatic N) is 2. The molecule has 1 unspecified atom stereocenters. The maximum atomic E-state index is 13.9. The Morgan fingerprint density at radius 1 is 1.00 bits per heavy atom. The number of rotatable bonds is 11. The van der Waals surface area contributed by atoms with Gasteiger partial charge in [0.25, 0.3) is 10.0 Å². The number of hydrogen-bond acceptors (Lipinski definition) is 5. The van der Waals surface area contributed by atoms with Crippen molar-refractivity contribution in [1.82, 2.24) is 10.2 Å². The number of aryl methyl sites for hydroxylation is 2. The number of nitrogens with one attached hydrogen (secondary N) is 1. The van der Waals surface area contributed by atoms with E-state index in [1.54, 1.807) is 51.3 Å². The van der Waals surface area contributed by atoms with Crippen molar-refractivity contribution in [3.8, 4) is 5.75 Å². The minimum absolute atomic E-state index is 0.00551. The molecule has 0 saturated heterocycles. The second-order valence-corrected chi connectivity index (χ2v) is 11.5. The Bertz CT molecular complexity index is 1430. The van der Waals surface area contributed by atoms with Gasteiger partial charge in [-0.3, -0.25) is 13.9 Å². The lowest BCUT2D eigenvalue weighted by Gasteiger charge is -2.32. The Kier molecular flexibility index (Phi) is 9.99. The molecule has 3 rings (SSSR count). The first-order chi connectivity index (χ1) is 18.5. The highest BCUT2D eigenvalue weighted by Crippen LogP contribution is 2.27. The first kappa shape index (κ1) is 30.0. The lowest BCUT2D eigenvalue weighted by molar-refractivity contribution is -0.139. The fourth-order valence-electron chi connectivity index (χ4n) is 4.02. The van der Waals surface area contributed by atoms with Crippen molar-refractivity contribution in [3.05, 3.63) is 88.4 Å². The highest BCUT2D eigenvalue weighted by atomic mass is 35.5. The molecule has 0 bridgehead atoms. The number of carbonyl (C=O) groups is 2. The monoisotopic (exact) mass is 571 g/mol. The molecule has 3 aromatic carbocycles. The summed E-state index contributed by atoms with van der Waals surface area (Å²) >= 11 is 6.00. The summed E-state index contributed by atoms with van der Waals surface area (Å²) in [7, 11) is -2.62. The van der Waals surface area contributed by atoms with Crippen LogP contribution in [-0.4, -0.2) is 51.4 Å². The van der Waals surface area contributed by atoms with Crippen LogP contribution in [0, 0.1) is 13.8 Å². The van der Waals surface area contributed by atoms with Crippen molar-refractivity contribution >= 4 is 39.1 Å². The Morgan fingerprint density at radius 3 is 2.31 bits per heavy atom. The van der Waals surface area contributed by atoms with Crippen molar-refractivity contribution in [1.29, 1.82) is 0 Å². The van der Waals surface area contributed by atoms with Crippen molar-refractivity contribution in [2.45, 2.75) is 45.2 Å². The molecule has 39 heavy (non-hydrogen) atoms. The number of likely N-dealkylation sites (N-methyl/N-ethyl adjacent to an activating group) is 1. The second-order valence-electron chi connectivity index (χ2n) is 9.18. The number of hydrogen-bond donors (Lipinski definition) is 1. The van der Waals surface area contributed by atoms with Crippen LogP contribution in [0.5, 0.6) is 5.75 Å². The van der Waals surface area contributed by atoms with Crippen LogP contribution < -0.4 is 14.4 Å². The summed E-state index contributed by atoms with van der Waals surface area (Å²) in [4.78, 5) is 28.1. The smallest absolute Gasteiger partial charge is 0.264 e. The van der Waals surface area contributed by atoms with E-state index in [2.05, 4.69) is 5.32 Å². The highest BCUT2D eigenvalue weighted by molar-refractivity contribution is 7.92. The zero-order valence-corrected chi connectivity index (χ0v) is 24.3. The number of benzene rings is 3. The van der Waals surface area contributed by atoms with E-state index in [0.717, 1.165) is 21.0 Å². The summed E-state index contributed by atoms with van der Waals surface area (Å²) in [6, 6.07) is 17.3. The van der Waals surface area contributed by atoms with Crippen LogP contribution in [0.15, 0.2) is 71.6 Å². The number of anilines is 1. The van der Waals surface area contributed by atoms with Crippen LogP contribution in [0.4, 0.5) is 5.69 Å². The minimum Gasteiger partial charge on any atom is -0.497 e. The predicted octanol–water partition coefficient (Wildman–Crippen LogP) is 4.71. The van der Waals surface area contributed by atoms with E-state index < -0.39 is 28.5 Å². The van der Waals surface area contributed by atoms with Crippen molar-refractivity contribution in [2.75, 3.05) is 24.5 Å². The van der Waals surface area contributed by atoms with Crippen LogP contribution >= 0.6 is 11.6 Å². The van der Waals surface area contributed by atoms with Gasteiger partial charge in [-0.15, -0.1) is 0 Å². The third kappa shape index (κ3) is 7.30. The second kappa shape index (κ2) is 13.0. The van der Waals surface area contributed by atoms with E-state index >= 15 is 0 Å². The molecule has 0 aliphatic rings. The van der Waals surface area contributed by atoms with E-state index in [-0.39, 0.29) is 17.3 Å². The van der Waals surface area contributed by atoms with Gasteiger partial charge in [0, 0.05) is 18.1 Å². The van der Waals surface area contributed by atoms with Crippen molar-refractivity contribution in [3.63, 3.8) is 0 Å². The van der Waals surface area contributed by atoms with Gasteiger partial charge < -0.3 is 15.0 Å². The summed E-state index contributed by atoms with van der Waals surface area (Å²) in [6.45, 7) is 7.17. The molecule has 0 heterocycles. The van der Waals surface area contributed by atoms with Gasteiger partial charge in [-0.2, -0.15) is 0 Å². The van der Waals surface area contributed by atoms with Crippen LogP contribution in [0.2, 0.25) is 5.02 Å². The van der Waals surface area contributed by atoms with E-state index in [9.17, 15) is 18.0 Å². The molecule has 0 spiro atoms. The first-order valence-corrected chi connectivity index (χ1v) is 14.4. The molecular formula is C29H34ClN3O5S. The quantitative estimate of drug-likeness (QED) is 0.359. The molecule has 1 atom stereocenters. The molecule has 1 N–H and O–H groups in total. The van der Waals surface area contributed by atoms with E-state index in [1.165, 1.54) is 29.2 Å². The maximum absolute atomic E-state index is 13.9. The zero-order valence-electron chi connectivity index (χ0n) is 22.8. The number of methoxy groups -OCH3 is 1. The molecule has 0 radical (unpaired) electrons. The summed E-state index contributed by atoms with van der Waals surface area (Å²) in [5.41, 5.74) is 2.93. The summed E-state index contributed by atoms with van der Waals surface area (Å²) in [5, 5.41) is 3.14. The van der Waals surface area contributed by atoms with Gasteiger partial charge in [0.15, 0.2) is 0 Å². The summed E-state index contributed by atoms with van der Waals surface area (Å²) < 4.78 is 34.1. The molecule has 208 valence electrons. The average Bonchev–Trinajstić information content (AvgIpc) is 2.92. The molecule has 0 saturated carbocycles. The average molecular weight is 572 g/mol. The molecule has 0 aliphatic carbocycles. The van der Waals surface area contributed by atoms with Crippen LogP contribution in [0.3, 0.4) is 0 Å². The standard InChI is InChI=1S/C29H34ClN3O5S/c1-6-31-29(35)22(4)32(18-23-8-7-9-26(17-23)38-5)28(34)19-33(25-13-10-20(2)21(3)16-25)39(36,37)27-14-11-24(30)12-15-27/h7-17,22H,6,18-19H2,1-5H3,(H,31,35). The van der Waals surface area contributed by atoms with Crippen molar-refractivity contribution < 1.29 is 22.7 Å². The van der Waals surface area contributed by atoms with Gasteiger partial charge >= 0.3 is 0 Å². The van der Waals surface area contributed by atoms with Gasteiger partial charge in [-0.1, -0.05) is 29.8 Å². The third-order valence-corrected chi connectivity index (χ3v) is 8.50. The number of sulfonamides is 1. The number of ether oxygens (including phenoxy) is 1. The normalized spacial score (nSPS) is 11.9.